The molecule has 0 aliphatic rings. The summed E-state index contributed by atoms with van der Waals surface area (Å²) in [6.07, 6.45) is 0. The predicted octanol–water partition coefficient (Wildman–Crippen LogP) is 5.31. The number of hydrogen-bond acceptors (Lipinski definition) is 2. The van der Waals surface area contributed by atoms with Gasteiger partial charge in [0.15, 0.2) is 0 Å². The van der Waals surface area contributed by atoms with Gasteiger partial charge in [-0.2, -0.15) is 0 Å². The molecule has 0 aromatic heterocycles. The van der Waals surface area contributed by atoms with E-state index in [1.165, 1.54) is 12.1 Å². The number of carbonyl (C=O) groups excluding carboxylic acids is 1. The van der Waals surface area contributed by atoms with E-state index in [4.69, 9.17) is 0 Å². The van der Waals surface area contributed by atoms with E-state index in [0.717, 1.165) is 17.2 Å². The Hall–Kier alpha value is -3.05. The van der Waals surface area contributed by atoms with Crippen LogP contribution >= 0.6 is 0 Å². The SMILES string of the molecule is C[C@H](N[C@@H](C)c1ccc(F)cc1F)C(=O)Nc1ccccc1-c1ccccc1. The molecule has 2 atom stereocenters. The number of rotatable bonds is 6. The van der Waals surface area contributed by atoms with E-state index < -0.39 is 23.7 Å². The van der Waals surface area contributed by atoms with Gasteiger partial charge >= 0.3 is 0 Å². The summed E-state index contributed by atoms with van der Waals surface area (Å²) in [5, 5.41) is 6.00. The van der Waals surface area contributed by atoms with Gasteiger partial charge in [-0.3, -0.25) is 10.1 Å². The summed E-state index contributed by atoms with van der Waals surface area (Å²) in [6.45, 7) is 3.44. The lowest BCUT2D eigenvalue weighted by Gasteiger charge is -2.21. The number of benzene rings is 3. The van der Waals surface area contributed by atoms with Gasteiger partial charge < -0.3 is 5.32 Å². The van der Waals surface area contributed by atoms with Crippen LogP contribution in [-0.4, -0.2) is 11.9 Å². The van der Waals surface area contributed by atoms with E-state index in [-0.39, 0.29) is 5.91 Å². The molecule has 0 fully saturated rings. The van der Waals surface area contributed by atoms with Crippen LogP contribution in [0.25, 0.3) is 11.1 Å². The van der Waals surface area contributed by atoms with Crippen molar-refractivity contribution in [1.82, 2.24) is 5.32 Å². The third kappa shape index (κ3) is 4.61. The zero-order valence-electron chi connectivity index (χ0n) is 15.7. The van der Waals surface area contributed by atoms with E-state index >= 15 is 0 Å². The molecule has 0 saturated heterocycles. The molecule has 0 bridgehead atoms. The average molecular weight is 380 g/mol. The molecule has 0 spiro atoms. The Labute approximate surface area is 163 Å². The molecule has 0 saturated carbocycles. The van der Waals surface area contributed by atoms with Crippen molar-refractivity contribution in [3.63, 3.8) is 0 Å². The lowest BCUT2D eigenvalue weighted by atomic mass is 10.0. The van der Waals surface area contributed by atoms with Gasteiger partial charge in [0.1, 0.15) is 11.6 Å². The number of hydrogen-bond donors (Lipinski definition) is 2. The van der Waals surface area contributed by atoms with Gasteiger partial charge in [-0.15, -0.1) is 0 Å². The van der Waals surface area contributed by atoms with Crippen LogP contribution in [0.3, 0.4) is 0 Å². The Morgan fingerprint density at radius 3 is 2.29 bits per heavy atom. The molecule has 5 heteroatoms. The van der Waals surface area contributed by atoms with Crippen molar-refractivity contribution < 1.29 is 13.6 Å². The van der Waals surface area contributed by atoms with Gasteiger partial charge in [0.05, 0.1) is 6.04 Å². The lowest BCUT2D eigenvalue weighted by Crippen LogP contribution is -2.39. The molecule has 3 nitrogen and oxygen atoms in total. The maximum atomic E-state index is 14.0. The average Bonchev–Trinajstić information content (AvgIpc) is 2.69. The molecule has 144 valence electrons. The third-order valence-electron chi connectivity index (χ3n) is 4.59. The fourth-order valence-electron chi connectivity index (χ4n) is 3.10. The Kier molecular flexibility index (Phi) is 6.16. The first-order valence-electron chi connectivity index (χ1n) is 9.12. The molecule has 28 heavy (non-hydrogen) atoms. The molecule has 1 amide bonds. The minimum absolute atomic E-state index is 0.238. The van der Waals surface area contributed by atoms with E-state index in [2.05, 4.69) is 10.6 Å². The van der Waals surface area contributed by atoms with Crippen LogP contribution < -0.4 is 10.6 Å². The second kappa shape index (κ2) is 8.76. The lowest BCUT2D eigenvalue weighted by molar-refractivity contribution is -0.117. The van der Waals surface area contributed by atoms with Crippen molar-refractivity contribution in [2.24, 2.45) is 0 Å². The molecular formula is C23H22F2N2O. The van der Waals surface area contributed by atoms with Gasteiger partial charge in [-0.05, 0) is 31.5 Å². The molecule has 3 rings (SSSR count). The van der Waals surface area contributed by atoms with E-state index in [1.54, 1.807) is 13.8 Å². The van der Waals surface area contributed by atoms with E-state index in [0.29, 0.717) is 11.3 Å². The highest BCUT2D eigenvalue weighted by Gasteiger charge is 2.19. The third-order valence-corrected chi connectivity index (χ3v) is 4.59. The van der Waals surface area contributed by atoms with Gasteiger partial charge in [0.25, 0.3) is 0 Å². The topological polar surface area (TPSA) is 41.1 Å². The number of amides is 1. The predicted molar refractivity (Wildman–Crippen MR) is 108 cm³/mol. The first kappa shape index (κ1) is 19.7. The minimum Gasteiger partial charge on any atom is -0.324 e. The largest absolute Gasteiger partial charge is 0.324 e. The van der Waals surface area contributed by atoms with Crippen molar-refractivity contribution in [2.45, 2.75) is 25.9 Å². The summed E-state index contributed by atoms with van der Waals surface area (Å²) < 4.78 is 27.1. The number of para-hydroxylation sites is 1. The zero-order valence-corrected chi connectivity index (χ0v) is 15.7. The molecule has 0 unspecified atom stereocenters. The van der Waals surface area contributed by atoms with Crippen LogP contribution in [0.5, 0.6) is 0 Å². The molecule has 2 N–H and O–H groups in total. The molecule has 3 aromatic carbocycles. The molecule has 0 radical (unpaired) electrons. The number of halogens is 2. The van der Waals surface area contributed by atoms with Crippen molar-refractivity contribution >= 4 is 11.6 Å². The van der Waals surface area contributed by atoms with Gasteiger partial charge in [-0.1, -0.05) is 54.6 Å². The highest BCUT2D eigenvalue weighted by molar-refractivity contribution is 5.98. The van der Waals surface area contributed by atoms with Crippen molar-refractivity contribution in [1.29, 1.82) is 0 Å². The Balaban J connectivity index is 1.71. The highest BCUT2D eigenvalue weighted by atomic mass is 19.1. The fourth-order valence-corrected chi connectivity index (χ4v) is 3.10. The Morgan fingerprint density at radius 2 is 1.57 bits per heavy atom. The zero-order chi connectivity index (χ0) is 20.1. The summed E-state index contributed by atoms with van der Waals surface area (Å²) in [5.41, 5.74) is 2.93. The van der Waals surface area contributed by atoms with Crippen LogP contribution in [0, 0.1) is 11.6 Å². The van der Waals surface area contributed by atoms with Crippen LogP contribution in [-0.2, 0) is 4.79 Å². The van der Waals surface area contributed by atoms with Gasteiger partial charge in [0.2, 0.25) is 5.91 Å². The Bertz CT molecular complexity index is 960. The number of nitrogens with one attached hydrogen (secondary N) is 2. The quantitative estimate of drug-likeness (QED) is 0.608. The second-order valence-electron chi connectivity index (χ2n) is 6.68. The van der Waals surface area contributed by atoms with Crippen LogP contribution in [0.2, 0.25) is 0 Å². The normalized spacial score (nSPS) is 13.0. The van der Waals surface area contributed by atoms with E-state index in [9.17, 15) is 13.6 Å². The maximum Gasteiger partial charge on any atom is 0.241 e. The molecule has 0 aliphatic heterocycles. The Morgan fingerprint density at radius 1 is 0.893 bits per heavy atom. The highest BCUT2D eigenvalue weighted by Crippen LogP contribution is 2.27. The second-order valence-corrected chi connectivity index (χ2v) is 6.68. The molecule has 0 aliphatic carbocycles. The number of anilines is 1. The first-order valence-corrected chi connectivity index (χ1v) is 9.12. The van der Waals surface area contributed by atoms with Gasteiger partial charge in [0, 0.05) is 28.9 Å². The van der Waals surface area contributed by atoms with Crippen LogP contribution in [0.1, 0.15) is 25.5 Å². The molecule has 0 heterocycles. The van der Waals surface area contributed by atoms with Crippen LogP contribution in [0.4, 0.5) is 14.5 Å². The fraction of sp³-hybridized carbons (Fsp3) is 0.174. The summed E-state index contributed by atoms with van der Waals surface area (Å²) >= 11 is 0. The summed E-state index contributed by atoms with van der Waals surface area (Å²) in [4.78, 5) is 12.7. The van der Waals surface area contributed by atoms with Crippen molar-refractivity contribution in [3.8, 4) is 11.1 Å². The molecule has 3 aromatic rings. The smallest absolute Gasteiger partial charge is 0.241 e. The maximum absolute atomic E-state index is 14.0. The first-order chi connectivity index (χ1) is 13.5. The van der Waals surface area contributed by atoms with Crippen molar-refractivity contribution in [2.75, 3.05) is 5.32 Å². The standard InChI is InChI=1S/C23H22F2N2O/c1-15(19-13-12-18(24)14-21(19)25)26-16(2)23(28)27-22-11-7-6-10-20(22)17-8-4-3-5-9-17/h3-16,26H,1-2H3,(H,27,28)/t15-,16-/m0/s1. The summed E-state index contributed by atoms with van der Waals surface area (Å²) in [7, 11) is 0. The van der Waals surface area contributed by atoms with E-state index in [1.807, 2.05) is 54.6 Å². The summed E-state index contributed by atoms with van der Waals surface area (Å²) in [6, 6.07) is 19.7. The molecular weight excluding hydrogens is 358 g/mol. The number of carbonyl (C=O) groups is 1. The van der Waals surface area contributed by atoms with Gasteiger partial charge in [-0.25, -0.2) is 8.78 Å². The minimum atomic E-state index is -0.637. The van der Waals surface area contributed by atoms with Crippen LogP contribution in [0.15, 0.2) is 72.8 Å². The van der Waals surface area contributed by atoms with Crippen molar-refractivity contribution in [3.05, 3.63) is 90.0 Å². The summed E-state index contributed by atoms with van der Waals surface area (Å²) in [5.74, 6) is -1.50. The monoisotopic (exact) mass is 380 g/mol.